The molecule has 1 saturated heterocycles. The molecular weight excluding hydrogens is 417 g/mol. The van der Waals surface area contributed by atoms with E-state index < -0.39 is 17.0 Å². The minimum atomic E-state index is -0.543. The van der Waals surface area contributed by atoms with E-state index in [1.165, 1.54) is 18.2 Å². The maximum Gasteiger partial charge on any atom is 0.293 e. The van der Waals surface area contributed by atoms with Crippen LogP contribution in [0.4, 0.5) is 9.18 Å². The Morgan fingerprint density at radius 3 is 2.54 bits per heavy atom. The largest absolute Gasteiger partial charge is 0.293 e. The van der Waals surface area contributed by atoms with Crippen molar-refractivity contribution in [2.75, 3.05) is 0 Å². The highest BCUT2D eigenvalue weighted by molar-refractivity contribution is 9.10. The van der Waals surface area contributed by atoms with Gasteiger partial charge in [0.05, 0.1) is 11.4 Å². The normalized spacial score (nSPS) is 16.3. The van der Waals surface area contributed by atoms with E-state index in [4.69, 9.17) is 11.6 Å². The molecule has 2 aromatic rings. The molecule has 2 amide bonds. The molecular formula is C17H10BrClFNO2S. The lowest BCUT2D eigenvalue weighted by Gasteiger charge is -2.14. The summed E-state index contributed by atoms with van der Waals surface area (Å²) in [5.41, 5.74) is 0.930. The fourth-order valence-corrected chi connectivity index (χ4v) is 3.51. The molecule has 2 aromatic carbocycles. The predicted molar refractivity (Wildman–Crippen MR) is 97.1 cm³/mol. The molecule has 0 saturated carbocycles. The van der Waals surface area contributed by atoms with Gasteiger partial charge in [-0.1, -0.05) is 45.7 Å². The van der Waals surface area contributed by atoms with E-state index in [2.05, 4.69) is 15.9 Å². The summed E-state index contributed by atoms with van der Waals surface area (Å²) in [6.45, 7) is -0.187. The first kappa shape index (κ1) is 17.2. The van der Waals surface area contributed by atoms with Gasteiger partial charge in [0.1, 0.15) is 5.82 Å². The Bertz CT molecular complexity index is 834. The van der Waals surface area contributed by atoms with Crippen LogP contribution in [0.5, 0.6) is 0 Å². The van der Waals surface area contributed by atoms with Gasteiger partial charge in [0, 0.05) is 15.1 Å². The maximum atomic E-state index is 13.9. The molecule has 7 heteroatoms. The van der Waals surface area contributed by atoms with Crippen molar-refractivity contribution < 1.29 is 14.0 Å². The van der Waals surface area contributed by atoms with Crippen LogP contribution in [0.1, 0.15) is 11.1 Å². The lowest BCUT2D eigenvalue weighted by molar-refractivity contribution is -0.123. The summed E-state index contributed by atoms with van der Waals surface area (Å²) in [7, 11) is 0. The molecule has 0 aliphatic carbocycles. The average molecular weight is 427 g/mol. The van der Waals surface area contributed by atoms with Crippen LogP contribution in [0.3, 0.4) is 0 Å². The summed E-state index contributed by atoms with van der Waals surface area (Å²) in [5, 5.41) is -0.256. The van der Waals surface area contributed by atoms with E-state index in [9.17, 15) is 14.0 Å². The van der Waals surface area contributed by atoms with E-state index in [1.807, 2.05) is 24.3 Å². The van der Waals surface area contributed by atoms with Crippen molar-refractivity contribution >= 4 is 56.5 Å². The molecule has 0 aromatic heterocycles. The van der Waals surface area contributed by atoms with Gasteiger partial charge in [0.25, 0.3) is 11.1 Å². The number of imide groups is 1. The van der Waals surface area contributed by atoms with Crippen molar-refractivity contribution in [3.63, 3.8) is 0 Å². The Kier molecular flexibility index (Phi) is 5.08. The molecule has 1 fully saturated rings. The number of carbonyl (C=O) groups excluding carboxylic acids is 2. The molecule has 122 valence electrons. The van der Waals surface area contributed by atoms with E-state index in [0.717, 1.165) is 26.7 Å². The molecule has 1 heterocycles. The summed E-state index contributed by atoms with van der Waals surface area (Å²) in [6.07, 6.45) is 1.64. The van der Waals surface area contributed by atoms with Crippen LogP contribution in [-0.4, -0.2) is 16.0 Å². The van der Waals surface area contributed by atoms with Gasteiger partial charge in [-0.15, -0.1) is 0 Å². The Morgan fingerprint density at radius 1 is 1.17 bits per heavy atom. The number of halogens is 3. The minimum Gasteiger partial charge on any atom is -0.268 e. The second-order valence-corrected chi connectivity index (χ2v) is 7.34. The molecule has 0 atom stereocenters. The third-order valence-electron chi connectivity index (χ3n) is 3.42. The summed E-state index contributed by atoms with van der Waals surface area (Å²) in [5.74, 6) is -0.995. The Balaban J connectivity index is 1.85. The van der Waals surface area contributed by atoms with E-state index in [1.54, 1.807) is 6.08 Å². The van der Waals surface area contributed by atoms with Gasteiger partial charge in [0.2, 0.25) is 0 Å². The first-order chi connectivity index (χ1) is 11.5. The zero-order chi connectivity index (χ0) is 17.3. The standard InChI is InChI=1S/C17H10BrClFNO2S/c18-11-6-4-10(5-7-11)8-15-16(22)21(17(23)24-15)9-12-13(19)2-1-3-14(12)20/h1-8H,9H2/b15-8+. The zero-order valence-electron chi connectivity index (χ0n) is 12.1. The zero-order valence-corrected chi connectivity index (χ0v) is 15.3. The van der Waals surface area contributed by atoms with Crippen LogP contribution in [0.2, 0.25) is 5.02 Å². The Hall–Kier alpha value is -1.63. The van der Waals surface area contributed by atoms with Gasteiger partial charge in [0.15, 0.2) is 0 Å². The SMILES string of the molecule is O=C1S/C(=C/c2ccc(Br)cc2)C(=O)N1Cc1c(F)cccc1Cl. The maximum absolute atomic E-state index is 13.9. The molecule has 0 N–H and O–H groups in total. The monoisotopic (exact) mass is 425 g/mol. The second-order valence-electron chi connectivity index (χ2n) is 5.02. The number of amides is 2. The molecule has 1 aliphatic heterocycles. The highest BCUT2D eigenvalue weighted by Crippen LogP contribution is 2.34. The third-order valence-corrected chi connectivity index (χ3v) is 5.21. The topological polar surface area (TPSA) is 37.4 Å². The molecule has 24 heavy (non-hydrogen) atoms. The van der Waals surface area contributed by atoms with Crippen molar-refractivity contribution in [3.8, 4) is 0 Å². The molecule has 3 rings (SSSR count). The third kappa shape index (κ3) is 3.55. The summed E-state index contributed by atoms with van der Waals surface area (Å²) < 4.78 is 14.8. The molecule has 0 bridgehead atoms. The number of thioether (sulfide) groups is 1. The predicted octanol–water partition coefficient (Wildman–Crippen LogP) is 5.48. The molecule has 0 unspecified atom stereocenters. The van der Waals surface area contributed by atoms with Crippen molar-refractivity contribution in [3.05, 3.63) is 73.8 Å². The summed E-state index contributed by atoms with van der Waals surface area (Å²) in [4.78, 5) is 25.9. The van der Waals surface area contributed by atoms with Crippen LogP contribution in [-0.2, 0) is 11.3 Å². The van der Waals surface area contributed by atoms with Gasteiger partial charge in [-0.05, 0) is 47.7 Å². The number of rotatable bonds is 3. The summed E-state index contributed by atoms with van der Waals surface area (Å²) in [6, 6.07) is 11.6. The number of hydrogen-bond donors (Lipinski definition) is 0. The minimum absolute atomic E-state index is 0.131. The molecule has 0 spiro atoms. The first-order valence-electron chi connectivity index (χ1n) is 6.89. The van der Waals surface area contributed by atoms with Crippen molar-refractivity contribution in [1.82, 2.24) is 4.90 Å². The van der Waals surface area contributed by atoms with Crippen LogP contribution < -0.4 is 0 Å². The first-order valence-corrected chi connectivity index (χ1v) is 8.88. The fourth-order valence-electron chi connectivity index (χ4n) is 2.19. The average Bonchev–Trinajstić information content (AvgIpc) is 2.80. The Morgan fingerprint density at radius 2 is 1.88 bits per heavy atom. The van der Waals surface area contributed by atoms with Crippen molar-refractivity contribution in [2.24, 2.45) is 0 Å². The highest BCUT2D eigenvalue weighted by atomic mass is 79.9. The van der Waals surface area contributed by atoms with E-state index in [-0.39, 0.29) is 17.1 Å². The van der Waals surface area contributed by atoms with Crippen LogP contribution in [0.15, 0.2) is 51.8 Å². The Labute approximate surface area is 155 Å². The molecule has 0 radical (unpaired) electrons. The second kappa shape index (κ2) is 7.09. The number of nitrogens with zero attached hydrogens (tertiary/aromatic N) is 1. The van der Waals surface area contributed by atoms with E-state index in [0.29, 0.717) is 4.91 Å². The van der Waals surface area contributed by atoms with Crippen molar-refractivity contribution in [1.29, 1.82) is 0 Å². The van der Waals surface area contributed by atoms with Crippen LogP contribution >= 0.6 is 39.3 Å². The number of carbonyl (C=O) groups is 2. The fraction of sp³-hybridized carbons (Fsp3) is 0.0588. The van der Waals surface area contributed by atoms with E-state index >= 15 is 0 Å². The van der Waals surface area contributed by atoms with Gasteiger partial charge >= 0.3 is 0 Å². The molecule has 1 aliphatic rings. The van der Waals surface area contributed by atoms with Crippen molar-refractivity contribution in [2.45, 2.75) is 6.54 Å². The summed E-state index contributed by atoms with van der Waals surface area (Å²) >= 11 is 10.1. The quantitative estimate of drug-likeness (QED) is 0.610. The van der Waals surface area contributed by atoms with Gasteiger partial charge in [-0.2, -0.15) is 0 Å². The highest BCUT2D eigenvalue weighted by Gasteiger charge is 2.35. The lowest BCUT2D eigenvalue weighted by Crippen LogP contribution is -2.28. The number of benzene rings is 2. The van der Waals surface area contributed by atoms with Crippen LogP contribution in [0.25, 0.3) is 6.08 Å². The molecule has 3 nitrogen and oxygen atoms in total. The number of hydrogen-bond acceptors (Lipinski definition) is 3. The lowest BCUT2D eigenvalue weighted by atomic mass is 10.2. The smallest absolute Gasteiger partial charge is 0.268 e. The van der Waals surface area contributed by atoms with Gasteiger partial charge in [-0.25, -0.2) is 4.39 Å². The van der Waals surface area contributed by atoms with Gasteiger partial charge < -0.3 is 0 Å². The van der Waals surface area contributed by atoms with Gasteiger partial charge in [-0.3, -0.25) is 14.5 Å². The van der Waals surface area contributed by atoms with Crippen LogP contribution in [0, 0.1) is 5.82 Å².